The maximum Gasteiger partial charge on any atom is 0.223 e. The number of pyridine rings is 1. The van der Waals surface area contributed by atoms with Gasteiger partial charge < -0.3 is 15.0 Å². The van der Waals surface area contributed by atoms with Crippen molar-refractivity contribution in [3.8, 4) is 0 Å². The summed E-state index contributed by atoms with van der Waals surface area (Å²) in [7, 11) is 0. The number of amides is 1. The van der Waals surface area contributed by atoms with Crippen molar-refractivity contribution in [3.05, 3.63) is 23.5 Å². The van der Waals surface area contributed by atoms with Crippen LogP contribution in [0.25, 0.3) is 0 Å². The molecule has 1 aromatic rings. The van der Waals surface area contributed by atoms with Crippen LogP contribution in [0.15, 0.2) is 12.1 Å². The molecule has 2 saturated heterocycles. The zero-order valence-electron chi connectivity index (χ0n) is 15.7. The fourth-order valence-corrected chi connectivity index (χ4v) is 4.45. The third-order valence-electron chi connectivity index (χ3n) is 5.94. The van der Waals surface area contributed by atoms with Gasteiger partial charge >= 0.3 is 0 Å². The van der Waals surface area contributed by atoms with Crippen molar-refractivity contribution in [1.29, 1.82) is 0 Å². The summed E-state index contributed by atoms with van der Waals surface area (Å²) in [5.41, 5.74) is 3.37. The molecule has 0 spiro atoms. The molecule has 5 nitrogen and oxygen atoms in total. The molecule has 4 rings (SSSR count). The first-order valence-electron chi connectivity index (χ1n) is 9.68. The molecule has 2 atom stereocenters. The molecule has 1 amide bonds. The molecule has 144 valence electrons. The smallest absolute Gasteiger partial charge is 0.223 e. The number of ether oxygens (including phenoxy) is 1. The van der Waals surface area contributed by atoms with Gasteiger partial charge in [-0.25, -0.2) is 0 Å². The van der Waals surface area contributed by atoms with Crippen molar-refractivity contribution < 1.29 is 9.53 Å². The molecular formula is C20H30ClN3O2. The predicted octanol–water partition coefficient (Wildman–Crippen LogP) is 2.88. The van der Waals surface area contributed by atoms with Gasteiger partial charge in [0.15, 0.2) is 0 Å². The van der Waals surface area contributed by atoms with E-state index < -0.39 is 0 Å². The number of halogens is 1. The van der Waals surface area contributed by atoms with E-state index in [1.54, 1.807) is 0 Å². The lowest BCUT2D eigenvalue weighted by Gasteiger charge is -2.25. The number of rotatable bonds is 4. The Bertz CT molecular complexity index is 624. The van der Waals surface area contributed by atoms with E-state index >= 15 is 0 Å². The third-order valence-corrected chi connectivity index (χ3v) is 5.94. The Hall–Kier alpha value is -1.33. The first-order chi connectivity index (χ1) is 12.1. The van der Waals surface area contributed by atoms with Gasteiger partial charge in [-0.05, 0) is 57.6 Å². The number of hydrogen-bond donors (Lipinski definition) is 1. The maximum absolute atomic E-state index is 12.7. The second-order valence-corrected chi connectivity index (χ2v) is 8.02. The summed E-state index contributed by atoms with van der Waals surface area (Å²) in [6, 6.07) is 4.61. The minimum Gasteiger partial charge on any atom is -0.381 e. The number of aryl methyl sites for hydroxylation is 2. The summed E-state index contributed by atoms with van der Waals surface area (Å²) in [6.45, 7) is 7.50. The highest BCUT2D eigenvalue weighted by Crippen LogP contribution is 2.42. The van der Waals surface area contributed by atoms with Crippen molar-refractivity contribution >= 4 is 24.0 Å². The van der Waals surface area contributed by atoms with Crippen LogP contribution in [0.4, 0.5) is 5.69 Å². The summed E-state index contributed by atoms with van der Waals surface area (Å²) in [5, 5.41) is 3.40. The molecule has 6 heteroatoms. The summed E-state index contributed by atoms with van der Waals surface area (Å²) in [4.78, 5) is 19.6. The van der Waals surface area contributed by atoms with Gasteiger partial charge in [-0.2, -0.15) is 0 Å². The molecule has 1 aliphatic carbocycles. The van der Waals surface area contributed by atoms with Crippen molar-refractivity contribution in [2.75, 3.05) is 31.2 Å². The monoisotopic (exact) mass is 379 g/mol. The van der Waals surface area contributed by atoms with Gasteiger partial charge in [-0.3, -0.25) is 9.78 Å². The topological polar surface area (TPSA) is 54.5 Å². The Morgan fingerprint density at radius 2 is 1.77 bits per heavy atom. The fraction of sp³-hybridized carbons (Fsp3) is 0.700. The molecule has 0 unspecified atom stereocenters. The minimum atomic E-state index is 0. The molecular weight excluding hydrogens is 350 g/mol. The van der Waals surface area contributed by atoms with Crippen LogP contribution in [-0.2, 0) is 9.53 Å². The van der Waals surface area contributed by atoms with Gasteiger partial charge in [0.2, 0.25) is 5.91 Å². The number of aromatic nitrogens is 1. The highest BCUT2D eigenvalue weighted by molar-refractivity contribution is 5.85. The summed E-state index contributed by atoms with van der Waals surface area (Å²) in [6.07, 6.45) is 4.35. The largest absolute Gasteiger partial charge is 0.381 e. The van der Waals surface area contributed by atoms with Crippen LogP contribution in [0.2, 0.25) is 0 Å². The van der Waals surface area contributed by atoms with Crippen LogP contribution in [0.3, 0.4) is 0 Å². The van der Waals surface area contributed by atoms with Crippen molar-refractivity contribution in [3.63, 3.8) is 0 Å². The van der Waals surface area contributed by atoms with E-state index in [4.69, 9.17) is 4.74 Å². The molecule has 0 bridgehead atoms. The fourth-order valence-electron chi connectivity index (χ4n) is 4.45. The highest BCUT2D eigenvalue weighted by atomic mass is 35.5. The first kappa shape index (κ1) is 19.4. The van der Waals surface area contributed by atoms with Crippen LogP contribution < -0.4 is 10.2 Å². The second kappa shape index (κ2) is 8.13. The molecule has 3 fully saturated rings. The number of anilines is 1. The van der Waals surface area contributed by atoms with Crippen LogP contribution in [0.5, 0.6) is 0 Å². The summed E-state index contributed by atoms with van der Waals surface area (Å²) < 4.78 is 5.39. The van der Waals surface area contributed by atoms with Crippen molar-refractivity contribution in [1.82, 2.24) is 10.3 Å². The standard InChI is InChI=1S/C20H29N3O2.ClH/c1-13-9-17(10-14(2)21-13)23-11-18(15-3-4-15)19(12-23)22-20(24)16-5-7-25-8-6-16;/h9-10,15-16,18-19H,3-8,11-12H2,1-2H3,(H,22,24);1H/t18-,19+;/m1./s1. The maximum atomic E-state index is 12.7. The molecule has 0 radical (unpaired) electrons. The lowest BCUT2D eigenvalue weighted by atomic mass is 9.95. The van der Waals surface area contributed by atoms with Gasteiger partial charge in [0.05, 0.1) is 6.04 Å². The van der Waals surface area contributed by atoms with Crippen LogP contribution >= 0.6 is 12.4 Å². The van der Waals surface area contributed by atoms with Crippen molar-refractivity contribution in [2.24, 2.45) is 17.8 Å². The van der Waals surface area contributed by atoms with Gasteiger partial charge in [0.25, 0.3) is 0 Å². The third kappa shape index (κ3) is 4.32. The molecule has 1 aromatic heterocycles. The van der Waals surface area contributed by atoms with E-state index in [0.717, 1.165) is 56.5 Å². The molecule has 1 saturated carbocycles. The van der Waals surface area contributed by atoms with E-state index in [1.165, 1.54) is 18.5 Å². The van der Waals surface area contributed by atoms with Gasteiger partial charge in [-0.1, -0.05) is 0 Å². The van der Waals surface area contributed by atoms with E-state index in [0.29, 0.717) is 5.92 Å². The number of nitrogens with zero attached hydrogens (tertiary/aromatic N) is 2. The second-order valence-electron chi connectivity index (χ2n) is 8.02. The average molecular weight is 380 g/mol. The molecule has 0 aromatic carbocycles. The Labute approximate surface area is 162 Å². The van der Waals surface area contributed by atoms with Crippen molar-refractivity contribution in [2.45, 2.75) is 45.6 Å². The Morgan fingerprint density at radius 1 is 1.12 bits per heavy atom. The number of carbonyl (C=O) groups is 1. The Morgan fingerprint density at radius 3 is 2.38 bits per heavy atom. The summed E-state index contributed by atoms with van der Waals surface area (Å²) in [5.74, 6) is 1.74. The molecule has 3 heterocycles. The Kier molecular flexibility index (Phi) is 6.08. The molecule has 2 aliphatic heterocycles. The number of hydrogen-bond acceptors (Lipinski definition) is 4. The minimum absolute atomic E-state index is 0. The van der Waals surface area contributed by atoms with E-state index in [-0.39, 0.29) is 30.3 Å². The first-order valence-corrected chi connectivity index (χ1v) is 9.68. The lowest BCUT2D eigenvalue weighted by Crippen LogP contribution is -2.45. The summed E-state index contributed by atoms with van der Waals surface area (Å²) >= 11 is 0. The van der Waals surface area contributed by atoms with E-state index in [2.05, 4.69) is 41.2 Å². The van der Waals surface area contributed by atoms with Gasteiger partial charge in [-0.15, -0.1) is 12.4 Å². The average Bonchev–Trinajstić information content (AvgIpc) is 3.35. The van der Waals surface area contributed by atoms with E-state index in [9.17, 15) is 4.79 Å². The zero-order chi connectivity index (χ0) is 17.4. The highest BCUT2D eigenvalue weighted by Gasteiger charge is 2.43. The molecule has 26 heavy (non-hydrogen) atoms. The van der Waals surface area contributed by atoms with Gasteiger partial charge in [0, 0.05) is 55.2 Å². The SMILES string of the molecule is Cc1cc(N2C[C@H](NC(=O)C3CCOCC3)[C@@H](C3CC3)C2)cc(C)n1.Cl. The normalized spacial score (nSPS) is 26.5. The molecule has 1 N–H and O–H groups in total. The van der Waals surface area contributed by atoms with E-state index in [1.807, 2.05) is 0 Å². The molecule has 3 aliphatic rings. The van der Waals surface area contributed by atoms with Gasteiger partial charge in [0.1, 0.15) is 0 Å². The Balaban J connectivity index is 0.00000196. The quantitative estimate of drug-likeness (QED) is 0.873. The number of carbonyl (C=O) groups excluding carboxylic acids is 1. The van der Waals surface area contributed by atoms with Crippen LogP contribution in [0, 0.1) is 31.6 Å². The van der Waals surface area contributed by atoms with Crippen LogP contribution in [0.1, 0.15) is 37.1 Å². The number of nitrogens with one attached hydrogen (secondary N) is 1. The predicted molar refractivity (Wildman–Crippen MR) is 105 cm³/mol. The van der Waals surface area contributed by atoms with Crippen LogP contribution in [-0.4, -0.2) is 43.2 Å². The lowest BCUT2D eigenvalue weighted by molar-refractivity contribution is -0.128. The zero-order valence-corrected chi connectivity index (χ0v) is 16.6.